The highest BCUT2D eigenvalue weighted by atomic mass is 35.5. The molecule has 0 saturated carbocycles. The van der Waals surface area contributed by atoms with Crippen LogP contribution in [0.15, 0.2) is 48.7 Å². The van der Waals surface area contributed by atoms with Crippen molar-refractivity contribution < 1.29 is 9.59 Å². The first-order valence-electron chi connectivity index (χ1n) is 13.1. The molecular formula is C28H33ClN6O2. The fourth-order valence-corrected chi connectivity index (χ4v) is 5.58. The van der Waals surface area contributed by atoms with Gasteiger partial charge in [-0.25, -0.2) is 4.98 Å². The second-order valence-corrected chi connectivity index (χ2v) is 10.3. The van der Waals surface area contributed by atoms with Gasteiger partial charge in [0.1, 0.15) is 0 Å². The minimum absolute atomic E-state index is 0.0273. The van der Waals surface area contributed by atoms with Crippen LogP contribution in [-0.4, -0.2) is 68.9 Å². The summed E-state index contributed by atoms with van der Waals surface area (Å²) in [6.07, 6.45) is 10.5. The van der Waals surface area contributed by atoms with Crippen molar-refractivity contribution in [1.82, 2.24) is 24.3 Å². The maximum absolute atomic E-state index is 13.1. The second-order valence-electron chi connectivity index (χ2n) is 9.90. The Morgan fingerprint density at radius 1 is 1.14 bits per heavy atom. The molecule has 2 aliphatic rings. The number of fused-ring (bicyclic) bond motifs is 1. The van der Waals surface area contributed by atoms with E-state index in [1.54, 1.807) is 24.4 Å². The highest BCUT2D eigenvalue weighted by Gasteiger charge is 2.27. The molecule has 3 aromatic rings. The fourth-order valence-electron chi connectivity index (χ4n) is 5.31. The second kappa shape index (κ2) is 11.4. The molecule has 2 saturated heterocycles. The smallest absolute Gasteiger partial charge is 0.258 e. The number of anilines is 1. The van der Waals surface area contributed by atoms with E-state index in [0.29, 0.717) is 35.1 Å². The molecule has 37 heavy (non-hydrogen) atoms. The Hall–Kier alpha value is -3.23. The molecule has 0 aliphatic carbocycles. The Morgan fingerprint density at radius 2 is 1.95 bits per heavy atom. The number of aryl methyl sites for hydroxylation is 1. The topological polar surface area (TPSA) is 83.4 Å². The van der Waals surface area contributed by atoms with Crippen molar-refractivity contribution in [3.05, 3.63) is 65.0 Å². The van der Waals surface area contributed by atoms with E-state index >= 15 is 0 Å². The molecule has 1 N–H and O–H groups in total. The molecule has 1 atom stereocenters. The number of carbonyl (C=O) groups excluding carboxylic acids is 2. The Morgan fingerprint density at radius 3 is 2.76 bits per heavy atom. The van der Waals surface area contributed by atoms with Crippen LogP contribution in [0.3, 0.4) is 0 Å². The standard InChI is InChI=1S/C28H33ClN6O2/c1-20-18-21(12-13-30-20)27(37)32-28-31-24-10-6-9-23(29)26(24)35(28)22-8-2-3-17-34(19-22)25(36)11-7-16-33-14-4-5-15-33/h6-7,9-13,18,22H,2-5,8,14-17,19H2,1H3,(H,31,32,37)/b11-7+/t22-/m1/s1. The monoisotopic (exact) mass is 520 g/mol. The maximum Gasteiger partial charge on any atom is 0.258 e. The zero-order valence-corrected chi connectivity index (χ0v) is 22.0. The normalized spacial score (nSPS) is 19.0. The Labute approximate surface area is 222 Å². The number of likely N-dealkylation sites (tertiary alicyclic amines) is 2. The summed E-state index contributed by atoms with van der Waals surface area (Å²) in [6.45, 7) is 6.11. The predicted octanol–water partition coefficient (Wildman–Crippen LogP) is 4.85. The molecule has 2 amide bonds. The number of hydrogen-bond donors (Lipinski definition) is 1. The zero-order valence-electron chi connectivity index (χ0n) is 21.2. The summed E-state index contributed by atoms with van der Waals surface area (Å²) in [6, 6.07) is 8.94. The van der Waals surface area contributed by atoms with Crippen LogP contribution in [0.2, 0.25) is 5.02 Å². The maximum atomic E-state index is 13.1. The first-order chi connectivity index (χ1) is 18.0. The molecule has 194 valence electrons. The number of carbonyl (C=O) groups is 2. The summed E-state index contributed by atoms with van der Waals surface area (Å²) in [7, 11) is 0. The van der Waals surface area contributed by atoms with E-state index in [0.717, 1.165) is 50.1 Å². The van der Waals surface area contributed by atoms with E-state index in [1.807, 2.05) is 40.7 Å². The number of pyridine rings is 1. The van der Waals surface area contributed by atoms with Gasteiger partial charge in [-0.15, -0.1) is 0 Å². The van der Waals surface area contributed by atoms with Crippen LogP contribution in [0.25, 0.3) is 11.0 Å². The number of halogens is 1. The molecule has 0 radical (unpaired) electrons. The van der Waals surface area contributed by atoms with Crippen LogP contribution in [0.5, 0.6) is 0 Å². The third kappa shape index (κ3) is 5.86. The summed E-state index contributed by atoms with van der Waals surface area (Å²) in [5.74, 6) is 0.204. The van der Waals surface area contributed by atoms with Gasteiger partial charge in [-0.2, -0.15) is 0 Å². The first kappa shape index (κ1) is 25.4. The number of imidazole rings is 1. The molecule has 0 bridgehead atoms. The van der Waals surface area contributed by atoms with E-state index in [4.69, 9.17) is 16.6 Å². The van der Waals surface area contributed by atoms with Crippen LogP contribution in [0, 0.1) is 6.92 Å². The number of nitrogens with one attached hydrogen (secondary N) is 1. The van der Waals surface area contributed by atoms with Crippen molar-refractivity contribution in [2.45, 2.75) is 45.1 Å². The molecule has 0 unspecified atom stereocenters. The van der Waals surface area contributed by atoms with Crippen molar-refractivity contribution in [2.75, 3.05) is 38.0 Å². The molecule has 8 nitrogen and oxygen atoms in total. The van der Waals surface area contributed by atoms with Gasteiger partial charge >= 0.3 is 0 Å². The van der Waals surface area contributed by atoms with Crippen molar-refractivity contribution in [3.63, 3.8) is 0 Å². The van der Waals surface area contributed by atoms with Gasteiger partial charge in [-0.3, -0.25) is 24.8 Å². The van der Waals surface area contributed by atoms with Gasteiger partial charge in [-0.05, 0) is 76.4 Å². The lowest BCUT2D eigenvalue weighted by molar-refractivity contribution is -0.126. The summed E-state index contributed by atoms with van der Waals surface area (Å²) in [5.41, 5.74) is 2.76. The summed E-state index contributed by atoms with van der Waals surface area (Å²) in [5, 5.41) is 3.57. The minimum Gasteiger partial charge on any atom is -0.337 e. The zero-order chi connectivity index (χ0) is 25.8. The Kier molecular flexibility index (Phi) is 7.86. The highest BCUT2D eigenvalue weighted by Crippen LogP contribution is 2.34. The molecule has 2 aromatic heterocycles. The molecule has 2 fully saturated rings. The van der Waals surface area contributed by atoms with Gasteiger partial charge in [0, 0.05) is 43.2 Å². The molecule has 4 heterocycles. The van der Waals surface area contributed by atoms with Crippen molar-refractivity contribution >= 4 is 40.4 Å². The summed E-state index contributed by atoms with van der Waals surface area (Å²) < 4.78 is 2.02. The Bertz CT molecular complexity index is 1310. The van der Waals surface area contributed by atoms with E-state index in [-0.39, 0.29) is 17.9 Å². The van der Waals surface area contributed by atoms with Gasteiger partial charge in [0.2, 0.25) is 11.9 Å². The SMILES string of the molecule is Cc1cc(C(=O)Nc2nc3cccc(Cl)c3n2[C@@H]2CCCCN(C(=O)/C=C/CN3CCCC3)C2)ccn1. The van der Waals surface area contributed by atoms with Crippen molar-refractivity contribution in [3.8, 4) is 0 Å². The van der Waals surface area contributed by atoms with Crippen LogP contribution < -0.4 is 5.32 Å². The van der Waals surface area contributed by atoms with E-state index in [2.05, 4.69) is 15.2 Å². The average molecular weight is 521 g/mol. The number of benzene rings is 1. The van der Waals surface area contributed by atoms with Gasteiger partial charge in [0.25, 0.3) is 5.91 Å². The van der Waals surface area contributed by atoms with Crippen molar-refractivity contribution in [2.24, 2.45) is 0 Å². The van der Waals surface area contributed by atoms with Gasteiger partial charge in [0.05, 0.1) is 22.1 Å². The molecule has 1 aromatic carbocycles. The first-order valence-corrected chi connectivity index (χ1v) is 13.5. The predicted molar refractivity (Wildman–Crippen MR) is 146 cm³/mol. The molecule has 5 rings (SSSR count). The van der Waals surface area contributed by atoms with Gasteiger partial charge in [0.15, 0.2) is 0 Å². The molecule has 0 spiro atoms. The van der Waals surface area contributed by atoms with E-state index in [1.165, 1.54) is 12.8 Å². The lowest BCUT2D eigenvalue weighted by atomic mass is 10.1. The number of rotatable bonds is 6. The fraction of sp³-hybridized carbons (Fsp3) is 0.429. The van der Waals surface area contributed by atoms with E-state index < -0.39 is 0 Å². The number of aromatic nitrogens is 3. The number of nitrogens with zero attached hydrogens (tertiary/aromatic N) is 5. The molecule has 9 heteroatoms. The number of para-hydroxylation sites is 1. The third-order valence-electron chi connectivity index (χ3n) is 7.19. The van der Waals surface area contributed by atoms with Gasteiger partial charge in [-0.1, -0.05) is 23.7 Å². The third-order valence-corrected chi connectivity index (χ3v) is 7.50. The number of hydrogen-bond acceptors (Lipinski definition) is 5. The quantitative estimate of drug-likeness (QED) is 0.470. The lowest BCUT2D eigenvalue weighted by Gasteiger charge is -2.26. The van der Waals surface area contributed by atoms with Crippen LogP contribution >= 0.6 is 11.6 Å². The van der Waals surface area contributed by atoms with Crippen LogP contribution in [-0.2, 0) is 4.79 Å². The lowest BCUT2D eigenvalue weighted by Crippen LogP contribution is -2.35. The van der Waals surface area contributed by atoms with Crippen LogP contribution in [0.1, 0.15) is 54.2 Å². The van der Waals surface area contributed by atoms with Crippen LogP contribution in [0.4, 0.5) is 5.95 Å². The van der Waals surface area contributed by atoms with E-state index in [9.17, 15) is 9.59 Å². The summed E-state index contributed by atoms with van der Waals surface area (Å²) in [4.78, 5) is 39.5. The largest absolute Gasteiger partial charge is 0.337 e. The Balaban J connectivity index is 1.41. The minimum atomic E-state index is -0.260. The van der Waals surface area contributed by atoms with Gasteiger partial charge < -0.3 is 9.47 Å². The number of amides is 2. The molecule has 2 aliphatic heterocycles. The molecular weight excluding hydrogens is 488 g/mol. The summed E-state index contributed by atoms with van der Waals surface area (Å²) >= 11 is 6.66. The highest BCUT2D eigenvalue weighted by molar-refractivity contribution is 6.35. The average Bonchev–Trinajstić information content (AvgIpc) is 3.46. The van der Waals surface area contributed by atoms with Crippen molar-refractivity contribution in [1.29, 1.82) is 0 Å².